The second kappa shape index (κ2) is 8.58. The maximum atomic E-state index is 13.0. The van der Waals surface area contributed by atoms with Crippen molar-refractivity contribution in [1.29, 1.82) is 0 Å². The first-order valence-corrected chi connectivity index (χ1v) is 12.7. The minimum absolute atomic E-state index is 0.107. The van der Waals surface area contributed by atoms with Gasteiger partial charge < -0.3 is 4.90 Å². The van der Waals surface area contributed by atoms with Crippen LogP contribution in [-0.2, 0) is 22.9 Å². The first kappa shape index (κ1) is 20.6. The fourth-order valence-corrected chi connectivity index (χ4v) is 6.53. The molecule has 2 heterocycles. The summed E-state index contributed by atoms with van der Waals surface area (Å²) in [4.78, 5) is 17.4. The number of fused-ring (bicyclic) bond motifs is 1. The number of aryl methyl sites for hydroxylation is 3. The molecule has 1 aromatic heterocycles. The molecule has 1 saturated heterocycles. The Labute approximate surface area is 177 Å². The number of piperidine rings is 1. The zero-order valence-electron chi connectivity index (χ0n) is 16.8. The Bertz CT molecular complexity index is 956. The Hall–Kier alpha value is -1.70. The lowest BCUT2D eigenvalue weighted by molar-refractivity contribution is 0.0681. The molecule has 1 atom stereocenters. The van der Waals surface area contributed by atoms with Crippen molar-refractivity contribution >= 4 is 27.3 Å². The fraction of sp³-hybridized carbons (Fsp3) is 0.500. The predicted octanol–water partition coefficient (Wildman–Crippen LogP) is 3.77. The van der Waals surface area contributed by atoms with Gasteiger partial charge in [-0.05, 0) is 75.1 Å². The first-order chi connectivity index (χ1) is 13.9. The van der Waals surface area contributed by atoms with Gasteiger partial charge in [-0.1, -0.05) is 17.7 Å². The van der Waals surface area contributed by atoms with Gasteiger partial charge in [0.1, 0.15) is 0 Å². The number of likely N-dealkylation sites (tertiary alicyclic amines) is 1. The number of hydrogen-bond acceptors (Lipinski definition) is 4. The second-order valence-electron chi connectivity index (χ2n) is 8.19. The van der Waals surface area contributed by atoms with E-state index >= 15 is 0 Å². The predicted molar refractivity (Wildman–Crippen MR) is 116 cm³/mol. The highest BCUT2D eigenvalue weighted by atomic mass is 32.2. The van der Waals surface area contributed by atoms with Gasteiger partial charge in [-0.2, -0.15) is 0 Å². The van der Waals surface area contributed by atoms with Crippen molar-refractivity contribution in [3.05, 3.63) is 51.2 Å². The molecule has 1 aromatic carbocycles. The molecule has 1 N–H and O–H groups in total. The van der Waals surface area contributed by atoms with Gasteiger partial charge in [0.25, 0.3) is 5.91 Å². The lowest BCUT2D eigenvalue weighted by Crippen LogP contribution is -2.43. The molecule has 0 bridgehead atoms. The molecule has 4 rings (SSSR count). The van der Waals surface area contributed by atoms with E-state index in [-0.39, 0.29) is 16.7 Å². The number of amides is 1. The first-order valence-electron chi connectivity index (χ1n) is 10.4. The van der Waals surface area contributed by atoms with Crippen LogP contribution >= 0.6 is 11.3 Å². The number of carbonyl (C=O) groups is 1. The molecular weight excluding hydrogens is 404 g/mol. The van der Waals surface area contributed by atoms with Gasteiger partial charge >= 0.3 is 0 Å². The summed E-state index contributed by atoms with van der Waals surface area (Å²) in [6.07, 6.45) is 6.45. The Morgan fingerprint density at radius 1 is 1.17 bits per heavy atom. The largest absolute Gasteiger partial charge is 0.338 e. The molecule has 1 unspecified atom stereocenters. The van der Waals surface area contributed by atoms with Gasteiger partial charge in [0.15, 0.2) is 0 Å². The van der Waals surface area contributed by atoms with Crippen LogP contribution in [0.4, 0.5) is 0 Å². The van der Waals surface area contributed by atoms with E-state index in [0.717, 1.165) is 42.7 Å². The van der Waals surface area contributed by atoms with Crippen LogP contribution in [0, 0.1) is 12.8 Å². The monoisotopic (exact) mass is 432 g/mol. The van der Waals surface area contributed by atoms with Crippen molar-refractivity contribution < 1.29 is 13.2 Å². The molecule has 1 amide bonds. The maximum Gasteiger partial charge on any atom is 0.263 e. The zero-order valence-corrected chi connectivity index (χ0v) is 18.4. The highest BCUT2D eigenvalue weighted by molar-refractivity contribution is 7.89. The van der Waals surface area contributed by atoms with Gasteiger partial charge in [-0.3, -0.25) is 4.79 Å². The normalized spacial score (nSPS) is 19.8. The number of nitrogens with one attached hydrogen (secondary N) is 1. The quantitative estimate of drug-likeness (QED) is 0.782. The van der Waals surface area contributed by atoms with Gasteiger partial charge in [-0.15, -0.1) is 11.3 Å². The van der Waals surface area contributed by atoms with Crippen LogP contribution in [0.15, 0.2) is 35.2 Å². The van der Waals surface area contributed by atoms with E-state index in [9.17, 15) is 13.2 Å². The van der Waals surface area contributed by atoms with E-state index < -0.39 is 10.0 Å². The van der Waals surface area contributed by atoms with Gasteiger partial charge in [0.2, 0.25) is 10.0 Å². The molecule has 0 spiro atoms. The highest BCUT2D eigenvalue weighted by Gasteiger charge is 2.27. The van der Waals surface area contributed by atoms with Crippen molar-refractivity contribution in [3.63, 3.8) is 0 Å². The minimum atomic E-state index is -3.52. The number of rotatable bonds is 5. The summed E-state index contributed by atoms with van der Waals surface area (Å²) in [6, 6.07) is 8.96. The molecule has 29 heavy (non-hydrogen) atoms. The van der Waals surface area contributed by atoms with Crippen LogP contribution in [-0.4, -0.2) is 38.9 Å². The number of sulfonamides is 1. The molecule has 5 nitrogen and oxygen atoms in total. The standard InChI is InChI=1S/C22H28N2O3S2/c1-16-8-10-19(11-9-16)29(26,27)23-14-17-5-4-12-24(15-17)22(25)21-13-18-6-2-3-7-20(18)28-21/h8-11,13,17,23H,2-7,12,14-15H2,1H3. The average molecular weight is 433 g/mol. The lowest BCUT2D eigenvalue weighted by Gasteiger charge is -2.32. The Balaban J connectivity index is 1.37. The smallest absolute Gasteiger partial charge is 0.263 e. The summed E-state index contributed by atoms with van der Waals surface area (Å²) in [7, 11) is -3.52. The summed E-state index contributed by atoms with van der Waals surface area (Å²) in [5.74, 6) is 0.248. The average Bonchev–Trinajstić information content (AvgIpc) is 3.17. The van der Waals surface area contributed by atoms with Crippen LogP contribution < -0.4 is 4.72 Å². The van der Waals surface area contributed by atoms with E-state index in [1.165, 1.54) is 23.3 Å². The Morgan fingerprint density at radius 2 is 1.93 bits per heavy atom. The molecule has 0 saturated carbocycles. The van der Waals surface area contributed by atoms with Gasteiger partial charge in [-0.25, -0.2) is 13.1 Å². The maximum absolute atomic E-state index is 13.0. The SMILES string of the molecule is Cc1ccc(S(=O)(=O)NCC2CCCN(C(=O)c3cc4c(s3)CCCC4)C2)cc1. The highest BCUT2D eigenvalue weighted by Crippen LogP contribution is 2.31. The number of thiophene rings is 1. The number of hydrogen-bond donors (Lipinski definition) is 1. The van der Waals surface area contributed by atoms with Gasteiger partial charge in [0, 0.05) is 24.5 Å². The third-order valence-corrected chi connectivity index (χ3v) is 8.57. The van der Waals surface area contributed by atoms with Crippen LogP contribution in [0.25, 0.3) is 0 Å². The van der Waals surface area contributed by atoms with E-state index in [1.54, 1.807) is 35.6 Å². The Morgan fingerprint density at radius 3 is 2.69 bits per heavy atom. The van der Waals surface area contributed by atoms with Crippen molar-refractivity contribution in [3.8, 4) is 0 Å². The van der Waals surface area contributed by atoms with Crippen molar-refractivity contribution in [2.45, 2.75) is 50.3 Å². The fourth-order valence-electron chi connectivity index (χ4n) is 4.20. The van der Waals surface area contributed by atoms with E-state index in [0.29, 0.717) is 13.1 Å². The second-order valence-corrected chi connectivity index (χ2v) is 11.1. The van der Waals surface area contributed by atoms with E-state index in [2.05, 4.69) is 10.8 Å². The summed E-state index contributed by atoms with van der Waals surface area (Å²) < 4.78 is 27.8. The van der Waals surface area contributed by atoms with Gasteiger partial charge in [0.05, 0.1) is 9.77 Å². The summed E-state index contributed by atoms with van der Waals surface area (Å²) in [6.45, 7) is 3.66. The van der Waals surface area contributed by atoms with Crippen molar-refractivity contribution in [2.24, 2.45) is 5.92 Å². The Kier molecular flexibility index (Phi) is 6.08. The van der Waals surface area contributed by atoms with Crippen LogP contribution in [0.5, 0.6) is 0 Å². The molecule has 2 aromatic rings. The summed E-state index contributed by atoms with van der Waals surface area (Å²) >= 11 is 1.65. The molecular formula is C22H28N2O3S2. The third kappa shape index (κ3) is 4.73. The summed E-state index contributed by atoms with van der Waals surface area (Å²) in [5.41, 5.74) is 2.38. The topological polar surface area (TPSA) is 66.5 Å². The van der Waals surface area contributed by atoms with E-state index in [1.807, 2.05) is 11.8 Å². The third-order valence-electron chi connectivity index (χ3n) is 5.91. The van der Waals surface area contributed by atoms with Crippen LogP contribution in [0.1, 0.15) is 51.4 Å². The molecule has 1 fully saturated rings. The van der Waals surface area contributed by atoms with Crippen molar-refractivity contribution in [1.82, 2.24) is 9.62 Å². The molecule has 1 aliphatic carbocycles. The molecule has 0 radical (unpaired) electrons. The van der Waals surface area contributed by atoms with Crippen LogP contribution in [0.3, 0.4) is 0 Å². The molecule has 7 heteroatoms. The zero-order chi connectivity index (χ0) is 20.4. The number of benzene rings is 1. The van der Waals surface area contributed by atoms with Crippen LogP contribution in [0.2, 0.25) is 0 Å². The lowest BCUT2D eigenvalue weighted by atomic mass is 9.97. The number of carbonyl (C=O) groups excluding carboxylic acids is 1. The molecule has 156 valence electrons. The number of nitrogens with zero attached hydrogens (tertiary/aromatic N) is 1. The van der Waals surface area contributed by atoms with E-state index in [4.69, 9.17) is 0 Å². The minimum Gasteiger partial charge on any atom is -0.338 e. The molecule has 2 aliphatic rings. The molecule has 1 aliphatic heterocycles. The van der Waals surface area contributed by atoms with Crippen molar-refractivity contribution in [2.75, 3.05) is 19.6 Å². The summed E-state index contributed by atoms with van der Waals surface area (Å²) in [5, 5.41) is 0.